The van der Waals surface area contributed by atoms with Crippen molar-refractivity contribution in [1.29, 1.82) is 0 Å². The van der Waals surface area contributed by atoms with Gasteiger partial charge < -0.3 is 9.31 Å². The summed E-state index contributed by atoms with van der Waals surface area (Å²) in [7, 11) is 1.52. The topological polar surface area (TPSA) is 49.2 Å². The van der Waals surface area contributed by atoms with Crippen molar-refractivity contribution in [2.24, 2.45) is 7.05 Å². The SMILES string of the molecule is Cn1cc(-c2cc(B3OC(C)(C)C(C)(C)O3)ccn2)cn1. The second-order valence-corrected chi connectivity index (χ2v) is 6.47. The zero-order valence-electron chi connectivity index (χ0n) is 13.1. The van der Waals surface area contributed by atoms with Gasteiger partial charge in [0.1, 0.15) is 0 Å². The van der Waals surface area contributed by atoms with Crippen LogP contribution < -0.4 is 5.46 Å². The number of aromatic nitrogens is 3. The fraction of sp³-hybridized carbons (Fsp3) is 0.467. The minimum atomic E-state index is -0.367. The molecule has 6 heteroatoms. The van der Waals surface area contributed by atoms with Crippen molar-refractivity contribution in [2.45, 2.75) is 38.9 Å². The fourth-order valence-corrected chi connectivity index (χ4v) is 2.28. The Morgan fingerprint density at radius 2 is 1.81 bits per heavy atom. The molecule has 2 aromatic rings. The summed E-state index contributed by atoms with van der Waals surface area (Å²) >= 11 is 0. The Morgan fingerprint density at radius 3 is 2.38 bits per heavy atom. The van der Waals surface area contributed by atoms with Gasteiger partial charge in [0.25, 0.3) is 0 Å². The molecule has 21 heavy (non-hydrogen) atoms. The average Bonchev–Trinajstić information content (AvgIpc) is 2.92. The van der Waals surface area contributed by atoms with Gasteiger partial charge in [-0.3, -0.25) is 9.67 Å². The minimum absolute atomic E-state index is 0.338. The van der Waals surface area contributed by atoms with Gasteiger partial charge in [-0.1, -0.05) is 0 Å². The Morgan fingerprint density at radius 1 is 1.14 bits per heavy atom. The smallest absolute Gasteiger partial charge is 0.399 e. The molecule has 0 unspecified atom stereocenters. The molecule has 3 heterocycles. The van der Waals surface area contributed by atoms with Crippen LogP contribution in [0.25, 0.3) is 11.3 Å². The first kappa shape index (κ1) is 14.3. The molecule has 2 aromatic heterocycles. The van der Waals surface area contributed by atoms with Gasteiger partial charge in [0.05, 0.1) is 23.1 Å². The lowest BCUT2D eigenvalue weighted by Crippen LogP contribution is -2.41. The molecule has 5 nitrogen and oxygen atoms in total. The number of pyridine rings is 1. The molecule has 0 N–H and O–H groups in total. The second kappa shape index (κ2) is 4.68. The van der Waals surface area contributed by atoms with E-state index in [-0.39, 0.29) is 18.3 Å². The molecule has 0 saturated carbocycles. The summed E-state index contributed by atoms with van der Waals surface area (Å²) in [6.07, 6.45) is 5.52. The molecule has 110 valence electrons. The van der Waals surface area contributed by atoms with E-state index in [1.54, 1.807) is 17.1 Å². The number of rotatable bonds is 2. The van der Waals surface area contributed by atoms with Crippen LogP contribution in [0.5, 0.6) is 0 Å². The number of hydrogen-bond donors (Lipinski definition) is 0. The van der Waals surface area contributed by atoms with E-state index in [1.807, 2.05) is 25.4 Å². The van der Waals surface area contributed by atoms with Crippen molar-refractivity contribution in [3.63, 3.8) is 0 Å². The Labute approximate surface area is 125 Å². The van der Waals surface area contributed by atoms with Crippen LogP contribution in [0.15, 0.2) is 30.7 Å². The molecular weight excluding hydrogens is 265 g/mol. The van der Waals surface area contributed by atoms with Crippen LogP contribution in [-0.4, -0.2) is 33.1 Å². The molecule has 0 spiro atoms. The van der Waals surface area contributed by atoms with Crippen molar-refractivity contribution in [2.75, 3.05) is 0 Å². The number of nitrogens with zero attached hydrogens (tertiary/aromatic N) is 3. The first-order valence-electron chi connectivity index (χ1n) is 7.09. The Hall–Kier alpha value is -1.66. The predicted molar refractivity (Wildman–Crippen MR) is 82.2 cm³/mol. The van der Waals surface area contributed by atoms with Gasteiger partial charge in [-0.25, -0.2) is 0 Å². The first-order chi connectivity index (χ1) is 9.78. The third kappa shape index (κ3) is 2.49. The molecule has 1 fully saturated rings. The van der Waals surface area contributed by atoms with Gasteiger partial charge in [-0.05, 0) is 45.3 Å². The Bertz CT molecular complexity index is 650. The summed E-state index contributed by atoms with van der Waals surface area (Å²) in [5.74, 6) is 0. The molecule has 0 atom stereocenters. The standard InChI is InChI=1S/C15H20BN3O2/c1-14(2)15(3,4)21-16(20-14)12-6-7-17-13(8-12)11-9-18-19(5)10-11/h6-10H,1-5H3. The predicted octanol–water partition coefficient (Wildman–Crippen LogP) is 1.78. The molecule has 1 aliphatic heterocycles. The molecule has 3 rings (SSSR count). The second-order valence-electron chi connectivity index (χ2n) is 6.47. The Kier molecular flexibility index (Phi) is 3.18. The molecule has 0 bridgehead atoms. The van der Waals surface area contributed by atoms with E-state index in [0.717, 1.165) is 16.7 Å². The summed E-state index contributed by atoms with van der Waals surface area (Å²) in [5, 5.41) is 4.18. The largest absolute Gasteiger partial charge is 0.494 e. The molecule has 0 radical (unpaired) electrons. The maximum Gasteiger partial charge on any atom is 0.494 e. The minimum Gasteiger partial charge on any atom is -0.399 e. The van der Waals surface area contributed by atoms with Crippen molar-refractivity contribution in [3.8, 4) is 11.3 Å². The third-order valence-electron chi connectivity index (χ3n) is 4.31. The van der Waals surface area contributed by atoms with Crippen LogP contribution in [0.3, 0.4) is 0 Å². The van der Waals surface area contributed by atoms with E-state index in [1.165, 1.54) is 0 Å². The highest BCUT2D eigenvalue weighted by Crippen LogP contribution is 2.36. The van der Waals surface area contributed by atoms with Crippen LogP contribution in [0, 0.1) is 0 Å². The van der Waals surface area contributed by atoms with Crippen molar-refractivity contribution in [3.05, 3.63) is 30.7 Å². The molecule has 1 aliphatic rings. The monoisotopic (exact) mass is 285 g/mol. The maximum absolute atomic E-state index is 6.08. The quantitative estimate of drug-likeness (QED) is 0.789. The van der Waals surface area contributed by atoms with E-state index in [2.05, 4.69) is 37.8 Å². The van der Waals surface area contributed by atoms with Crippen molar-refractivity contribution < 1.29 is 9.31 Å². The molecule has 1 saturated heterocycles. The van der Waals surface area contributed by atoms with E-state index in [0.29, 0.717) is 0 Å². The molecule has 0 amide bonds. The maximum atomic E-state index is 6.08. The molecule has 0 aliphatic carbocycles. The highest BCUT2D eigenvalue weighted by molar-refractivity contribution is 6.62. The summed E-state index contributed by atoms with van der Waals surface area (Å²) in [4.78, 5) is 4.40. The van der Waals surface area contributed by atoms with E-state index in [4.69, 9.17) is 9.31 Å². The third-order valence-corrected chi connectivity index (χ3v) is 4.31. The highest BCUT2D eigenvalue weighted by Gasteiger charge is 2.51. The number of hydrogen-bond acceptors (Lipinski definition) is 4. The lowest BCUT2D eigenvalue weighted by molar-refractivity contribution is 0.00578. The summed E-state index contributed by atoms with van der Waals surface area (Å²) in [5.41, 5.74) is 2.15. The van der Waals surface area contributed by atoms with Gasteiger partial charge in [0.2, 0.25) is 0 Å². The van der Waals surface area contributed by atoms with Gasteiger partial charge in [0, 0.05) is 25.0 Å². The van der Waals surface area contributed by atoms with E-state index in [9.17, 15) is 0 Å². The van der Waals surface area contributed by atoms with Crippen LogP contribution >= 0.6 is 0 Å². The lowest BCUT2D eigenvalue weighted by Gasteiger charge is -2.32. The van der Waals surface area contributed by atoms with Crippen molar-refractivity contribution in [1.82, 2.24) is 14.8 Å². The zero-order chi connectivity index (χ0) is 15.3. The van der Waals surface area contributed by atoms with Crippen LogP contribution in [0.2, 0.25) is 0 Å². The van der Waals surface area contributed by atoms with Gasteiger partial charge in [-0.2, -0.15) is 5.10 Å². The molecular formula is C15H20BN3O2. The average molecular weight is 285 g/mol. The van der Waals surface area contributed by atoms with Crippen LogP contribution in [0.4, 0.5) is 0 Å². The Balaban J connectivity index is 1.91. The van der Waals surface area contributed by atoms with Gasteiger partial charge in [0.15, 0.2) is 0 Å². The highest BCUT2D eigenvalue weighted by atomic mass is 16.7. The van der Waals surface area contributed by atoms with Crippen LogP contribution in [-0.2, 0) is 16.4 Å². The van der Waals surface area contributed by atoms with E-state index >= 15 is 0 Å². The normalized spacial score (nSPS) is 20.0. The number of aryl methyl sites for hydroxylation is 1. The first-order valence-corrected chi connectivity index (χ1v) is 7.09. The lowest BCUT2D eigenvalue weighted by atomic mass is 9.79. The van der Waals surface area contributed by atoms with E-state index < -0.39 is 0 Å². The summed E-state index contributed by atoms with van der Waals surface area (Å²) in [6, 6.07) is 3.93. The molecule has 0 aromatic carbocycles. The zero-order valence-corrected chi connectivity index (χ0v) is 13.1. The van der Waals surface area contributed by atoms with Crippen LogP contribution in [0.1, 0.15) is 27.7 Å². The van der Waals surface area contributed by atoms with Gasteiger partial charge >= 0.3 is 7.12 Å². The summed E-state index contributed by atoms with van der Waals surface area (Å²) < 4.78 is 13.9. The van der Waals surface area contributed by atoms with Crippen molar-refractivity contribution >= 4 is 12.6 Å². The van der Waals surface area contributed by atoms with Gasteiger partial charge in [-0.15, -0.1) is 0 Å². The fourth-order valence-electron chi connectivity index (χ4n) is 2.28. The summed E-state index contributed by atoms with van der Waals surface area (Å²) in [6.45, 7) is 8.21.